The van der Waals surface area contributed by atoms with Crippen molar-refractivity contribution in [3.05, 3.63) is 23.4 Å². The number of aromatic nitrogens is 1. The summed E-state index contributed by atoms with van der Waals surface area (Å²) >= 11 is 0. The molecule has 0 bridgehead atoms. The smallest absolute Gasteiger partial charge is 0.419 e. The molecule has 5 nitrogen and oxygen atoms in total. The molecule has 1 aliphatic carbocycles. The SMILES string of the molecule is CC(C)(C)C1CN(c2ncc(C3CC3)cc2C(F)(F)F)CCN1C(=O)O. The first-order chi connectivity index (χ1) is 12.0. The van der Waals surface area contributed by atoms with Gasteiger partial charge in [0.2, 0.25) is 0 Å². The van der Waals surface area contributed by atoms with Crippen molar-refractivity contribution in [3.8, 4) is 0 Å². The van der Waals surface area contributed by atoms with Crippen molar-refractivity contribution in [1.82, 2.24) is 9.88 Å². The van der Waals surface area contributed by atoms with Crippen molar-refractivity contribution < 1.29 is 23.1 Å². The van der Waals surface area contributed by atoms with Gasteiger partial charge < -0.3 is 14.9 Å². The lowest BCUT2D eigenvalue weighted by Gasteiger charge is -2.46. The van der Waals surface area contributed by atoms with E-state index in [1.54, 1.807) is 4.90 Å². The predicted octanol–water partition coefficient (Wildman–Crippen LogP) is 4.19. The van der Waals surface area contributed by atoms with Gasteiger partial charge >= 0.3 is 12.3 Å². The maximum Gasteiger partial charge on any atom is 0.419 e. The summed E-state index contributed by atoms with van der Waals surface area (Å²) in [6.45, 7) is 6.22. The molecule has 8 heteroatoms. The van der Waals surface area contributed by atoms with Gasteiger partial charge in [-0.25, -0.2) is 9.78 Å². The molecule has 2 fully saturated rings. The van der Waals surface area contributed by atoms with Gasteiger partial charge in [0.15, 0.2) is 0 Å². The third-order valence-corrected chi connectivity index (χ3v) is 5.17. The quantitative estimate of drug-likeness (QED) is 0.847. The van der Waals surface area contributed by atoms with Crippen LogP contribution >= 0.6 is 0 Å². The van der Waals surface area contributed by atoms with Gasteiger partial charge in [-0.3, -0.25) is 0 Å². The molecule has 0 aromatic carbocycles. The van der Waals surface area contributed by atoms with Crippen LogP contribution in [0.1, 0.15) is 50.7 Å². The fourth-order valence-corrected chi connectivity index (χ4v) is 3.52. The van der Waals surface area contributed by atoms with Crippen molar-refractivity contribution in [2.45, 2.75) is 51.7 Å². The number of halogens is 3. The number of carbonyl (C=O) groups is 1. The van der Waals surface area contributed by atoms with Crippen LogP contribution in [0.2, 0.25) is 0 Å². The number of rotatable bonds is 2. The van der Waals surface area contributed by atoms with Crippen LogP contribution in [-0.4, -0.2) is 46.8 Å². The number of amides is 1. The monoisotopic (exact) mass is 371 g/mol. The average molecular weight is 371 g/mol. The average Bonchev–Trinajstić information content (AvgIpc) is 3.37. The number of pyridine rings is 1. The third kappa shape index (κ3) is 3.73. The molecule has 1 amide bonds. The standard InChI is InChI=1S/C18H24F3N3O2/c1-17(2,3)14-10-23(6-7-24(14)16(25)26)15-13(18(19,20)21)8-12(9-22-15)11-4-5-11/h8-9,11,14H,4-7,10H2,1-3H3,(H,25,26). The Bertz CT molecular complexity index is 696. The molecule has 0 radical (unpaired) electrons. The fraction of sp³-hybridized carbons (Fsp3) is 0.667. The minimum absolute atomic E-state index is 0.0961. The molecular weight excluding hydrogens is 347 g/mol. The summed E-state index contributed by atoms with van der Waals surface area (Å²) in [4.78, 5) is 18.6. The van der Waals surface area contributed by atoms with Crippen molar-refractivity contribution in [1.29, 1.82) is 0 Å². The zero-order chi connectivity index (χ0) is 19.3. The molecule has 1 N–H and O–H groups in total. The Morgan fingerprint density at radius 1 is 1.23 bits per heavy atom. The van der Waals surface area contributed by atoms with E-state index in [0.717, 1.165) is 12.8 Å². The lowest BCUT2D eigenvalue weighted by Crippen LogP contribution is -2.59. The molecule has 1 aromatic heterocycles. The lowest BCUT2D eigenvalue weighted by molar-refractivity contribution is -0.137. The molecule has 1 aliphatic heterocycles. The van der Waals surface area contributed by atoms with Crippen LogP contribution < -0.4 is 4.90 Å². The molecule has 0 spiro atoms. The highest BCUT2D eigenvalue weighted by Crippen LogP contribution is 2.44. The first-order valence-electron chi connectivity index (χ1n) is 8.80. The van der Waals surface area contributed by atoms with Crippen LogP contribution in [0.4, 0.5) is 23.8 Å². The number of hydrogen-bond acceptors (Lipinski definition) is 3. The molecule has 144 valence electrons. The molecule has 3 rings (SSSR count). The van der Waals surface area contributed by atoms with Crippen LogP contribution in [0.3, 0.4) is 0 Å². The summed E-state index contributed by atoms with van der Waals surface area (Å²) < 4.78 is 40.9. The minimum Gasteiger partial charge on any atom is -0.465 e. The minimum atomic E-state index is -4.49. The van der Waals surface area contributed by atoms with Crippen LogP contribution in [0.25, 0.3) is 0 Å². The first-order valence-corrected chi connectivity index (χ1v) is 8.80. The number of nitrogens with zero attached hydrogens (tertiary/aromatic N) is 3. The largest absolute Gasteiger partial charge is 0.465 e. The maximum absolute atomic E-state index is 13.6. The molecule has 1 saturated carbocycles. The fourth-order valence-electron chi connectivity index (χ4n) is 3.52. The van der Waals surface area contributed by atoms with Crippen LogP contribution in [-0.2, 0) is 6.18 Å². The third-order valence-electron chi connectivity index (χ3n) is 5.17. The summed E-state index contributed by atoms with van der Waals surface area (Å²) in [6, 6.07) is 0.801. The number of piperazine rings is 1. The van der Waals surface area contributed by atoms with Gasteiger partial charge in [-0.15, -0.1) is 0 Å². The highest BCUT2D eigenvalue weighted by Gasteiger charge is 2.42. The van der Waals surface area contributed by atoms with Gasteiger partial charge in [0.05, 0.1) is 11.6 Å². The zero-order valence-corrected chi connectivity index (χ0v) is 15.2. The highest BCUT2D eigenvalue weighted by molar-refractivity contribution is 5.66. The Labute approximate surface area is 150 Å². The van der Waals surface area contributed by atoms with E-state index in [0.29, 0.717) is 5.56 Å². The van der Waals surface area contributed by atoms with Gasteiger partial charge in [-0.1, -0.05) is 20.8 Å². The van der Waals surface area contributed by atoms with Gasteiger partial charge in [0, 0.05) is 25.8 Å². The second-order valence-corrected chi connectivity index (χ2v) is 8.22. The van der Waals surface area contributed by atoms with Crippen molar-refractivity contribution in [2.24, 2.45) is 5.41 Å². The Hall–Kier alpha value is -1.99. The van der Waals surface area contributed by atoms with E-state index in [4.69, 9.17) is 0 Å². The summed E-state index contributed by atoms with van der Waals surface area (Å²) in [5.41, 5.74) is -0.486. The van der Waals surface area contributed by atoms with Crippen LogP contribution in [0, 0.1) is 5.41 Å². The van der Waals surface area contributed by atoms with E-state index in [2.05, 4.69) is 4.98 Å². The molecule has 1 atom stereocenters. The van der Waals surface area contributed by atoms with E-state index in [1.165, 1.54) is 17.2 Å². The number of alkyl halides is 3. The second kappa shape index (κ2) is 6.32. The van der Waals surface area contributed by atoms with Gasteiger partial charge in [-0.05, 0) is 35.8 Å². The molecule has 26 heavy (non-hydrogen) atoms. The maximum atomic E-state index is 13.6. The molecule has 2 aliphatic rings. The van der Waals surface area contributed by atoms with E-state index in [1.807, 2.05) is 20.8 Å². The molecule has 1 saturated heterocycles. The lowest BCUT2D eigenvalue weighted by atomic mass is 9.84. The molecular formula is C18H24F3N3O2. The van der Waals surface area contributed by atoms with Gasteiger partial charge in [-0.2, -0.15) is 13.2 Å². The Balaban J connectivity index is 1.94. The van der Waals surface area contributed by atoms with E-state index < -0.39 is 29.3 Å². The molecule has 2 heterocycles. The number of carboxylic acid groups (broad SMARTS) is 1. The second-order valence-electron chi connectivity index (χ2n) is 8.22. The topological polar surface area (TPSA) is 56.7 Å². The van der Waals surface area contributed by atoms with Gasteiger partial charge in [0.1, 0.15) is 5.82 Å². The summed E-state index contributed by atoms with van der Waals surface area (Å²) in [5.74, 6) is 0.0880. The molecule has 1 unspecified atom stereocenters. The zero-order valence-electron chi connectivity index (χ0n) is 15.2. The Kier molecular flexibility index (Phi) is 4.56. The molecule has 1 aromatic rings. The first kappa shape index (κ1) is 18.8. The van der Waals surface area contributed by atoms with Crippen molar-refractivity contribution in [2.75, 3.05) is 24.5 Å². The van der Waals surface area contributed by atoms with E-state index >= 15 is 0 Å². The van der Waals surface area contributed by atoms with E-state index in [-0.39, 0.29) is 31.4 Å². The van der Waals surface area contributed by atoms with E-state index in [9.17, 15) is 23.1 Å². The highest BCUT2D eigenvalue weighted by atomic mass is 19.4. The normalized spacial score (nSPS) is 21.8. The number of anilines is 1. The Morgan fingerprint density at radius 3 is 2.38 bits per heavy atom. The summed E-state index contributed by atoms with van der Waals surface area (Å²) in [7, 11) is 0. The van der Waals surface area contributed by atoms with Gasteiger partial charge in [0.25, 0.3) is 0 Å². The van der Waals surface area contributed by atoms with Crippen LogP contribution in [0.15, 0.2) is 12.3 Å². The summed E-state index contributed by atoms with van der Waals surface area (Å²) in [6.07, 6.45) is -2.19. The van der Waals surface area contributed by atoms with Crippen molar-refractivity contribution >= 4 is 11.9 Å². The summed E-state index contributed by atoms with van der Waals surface area (Å²) in [5, 5.41) is 9.43. The van der Waals surface area contributed by atoms with Crippen molar-refractivity contribution in [3.63, 3.8) is 0 Å². The Morgan fingerprint density at radius 2 is 1.88 bits per heavy atom. The predicted molar refractivity (Wildman–Crippen MR) is 91.4 cm³/mol. The van der Waals surface area contributed by atoms with Crippen LogP contribution in [0.5, 0.6) is 0 Å². The number of hydrogen-bond donors (Lipinski definition) is 1.